The van der Waals surface area contributed by atoms with Crippen molar-refractivity contribution in [2.24, 2.45) is 5.92 Å². The van der Waals surface area contributed by atoms with Crippen LogP contribution in [-0.2, 0) is 4.79 Å². The minimum Gasteiger partial charge on any atom is -0.481 e. The first kappa shape index (κ1) is 18.4. The second-order valence-corrected chi connectivity index (χ2v) is 7.16. The molecule has 2 aromatic heterocycles. The summed E-state index contributed by atoms with van der Waals surface area (Å²) in [6, 6.07) is 3.44. The standard InChI is InChI=1S/C19H26N4O3/c20-16-10-9-15(12-21-16)18-22-19(26-23-18)14(11-17(24)25)8-4-7-13-5-2-1-3-6-13/h9-10,12-14H,1-8,11H2,(H2,20,21)(H,24,25). The average molecular weight is 358 g/mol. The van der Waals surface area contributed by atoms with E-state index >= 15 is 0 Å². The average Bonchev–Trinajstić information content (AvgIpc) is 3.12. The van der Waals surface area contributed by atoms with Gasteiger partial charge in [0, 0.05) is 17.7 Å². The molecule has 1 saturated carbocycles. The SMILES string of the molecule is Nc1ccc(-c2noc(C(CCCC3CCCCC3)CC(=O)O)n2)cn1. The van der Waals surface area contributed by atoms with Gasteiger partial charge in [0.1, 0.15) is 5.82 Å². The summed E-state index contributed by atoms with van der Waals surface area (Å²) in [5.41, 5.74) is 6.29. The van der Waals surface area contributed by atoms with Gasteiger partial charge in [-0.3, -0.25) is 4.79 Å². The summed E-state index contributed by atoms with van der Waals surface area (Å²) in [6.45, 7) is 0. The first-order valence-electron chi connectivity index (χ1n) is 9.39. The second kappa shape index (κ2) is 8.78. The van der Waals surface area contributed by atoms with Crippen molar-refractivity contribution in [1.82, 2.24) is 15.1 Å². The van der Waals surface area contributed by atoms with Crippen LogP contribution in [0.15, 0.2) is 22.9 Å². The van der Waals surface area contributed by atoms with Crippen LogP contribution in [0, 0.1) is 5.92 Å². The van der Waals surface area contributed by atoms with Gasteiger partial charge in [-0.1, -0.05) is 50.1 Å². The summed E-state index contributed by atoms with van der Waals surface area (Å²) in [7, 11) is 0. The summed E-state index contributed by atoms with van der Waals surface area (Å²) in [5, 5.41) is 13.2. The molecule has 26 heavy (non-hydrogen) atoms. The van der Waals surface area contributed by atoms with Gasteiger partial charge in [0.15, 0.2) is 0 Å². The Labute approximate surface area is 153 Å². The molecule has 1 aliphatic rings. The molecule has 0 aliphatic heterocycles. The van der Waals surface area contributed by atoms with Crippen LogP contribution in [-0.4, -0.2) is 26.2 Å². The highest BCUT2D eigenvalue weighted by Gasteiger charge is 2.23. The maximum Gasteiger partial charge on any atom is 0.304 e. The van der Waals surface area contributed by atoms with Crippen LogP contribution in [0.25, 0.3) is 11.4 Å². The quantitative estimate of drug-likeness (QED) is 0.732. The molecule has 140 valence electrons. The Bertz CT molecular complexity index is 708. The van der Waals surface area contributed by atoms with Crippen LogP contribution in [0.3, 0.4) is 0 Å². The van der Waals surface area contributed by atoms with Crippen molar-refractivity contribution in [3.63, 3.8) is 0 Å². The van der Waals surface area contributed by atoms with E-state index in [-0.39, 0.29) is 12.3 Å². The lowest BCUT2D eigenvalue weighted by molar-refractivity contribution is -0.137. The maximum absolute atomic E-state index is 11.2. The predicted octanol–water partition coefficient (Wildman–Crippen LogP) is 4.02. The fourth-order valence-corrected chi connectivity index (χ4v) is 3.71. The molecule has 2 heterocycles. The molecule has 1 unspecified atom stereocenters. The van der Waals surface area contributed by atoms with E-state index in [9.17, 15) is 9.90 Å². The Morgan fingerprint density at radius 2 is 2.12 bits per heavy atom. The van der Waals surface area contributed by atoms with Crippen molar-refractivity contribution < 1.29 is 14.4 Å². The van der Waals surface area contributed by atoms with Gasteiger partial charge in [0.25, 0.3) is 0 Å². The number of nitrogens with zero attached hydrogens (tertiary/aromatic N) is 3. The fourth-order valence-electron chi connectivity index (χ4n) is 3.71. The number of aliphatic carboxylic acids is 1. The van der Waals surface area contributed by atoms with E-state index in [0.29, 0.717) is 23.1 Å². The number of hydrogen-bond donors (Lipinski definition) is 2. The van der Waals surface area contributed by atoms with Crippen LogP contribution >= 0.6 is 0 Å². The molecule has 0 amide bonds. The van der Waals surface area contributed by atoms with Gasteiger partial charge >= 0.3 is 5.97 Å². The molecule has 3 N–H and O–H groups in total. The van der Waals surface area contributed by atoms with Crippen molar-refractivity contribution in [3.8, 4) is 11.4 Å². The molecule has 7 nitrogen and oxygen atoms in total. The zero-order valence-corrected chi connectivity index (χ0v) is 14.9. The summed E-state index contributed by atoms with van der Waals surface area (Å²) in [5.74, 6) is 0.913. The van der Waals surface area contributed by atoms with Crippen molar-refractivity contribution in [1.29, 1.82) is 0 Å². The minimum absolute atomic E-state index is 0.00624. The zero-order valence-electron chi connectivity index (χ0n) is 14.9. The van der Waals surface area contributed by atoms with Crippen molar-refractivity contribution >= 4 is 11.8 Å². The predicted molar refractivity (Wildman–Crippen MR) is 97.4 cm³/mol. The largest absolute Gasteiger partial charge is 0.481 e. The van der Waals surface area contributed by atoms with E-state index in [0.717, 1.165) is 25.2 Å². The molecule has 0 saturated heterocycles. The van der Waals surface area contributed by atoms with E-state index in [4.69, 9.17) is 10.3 Å². The van der Waals surface area contributed by atoms with Gasteiger partial charge < -0.3 is 15.4 Å². The molecule has 0 aromatic carbocycles. The highest BCUT2D eigenvalue weighted by Crippen LogP contribution is 2.31. The Morgan fingerprint density at radius 3 is 2.81 bits per heavy atom. The number of nitrogens with two attached hydrogens (primary N) is 1. The number of rotatable bonds is 8. The van der Waals surface area contributed by atoms with Gasteiger partial charge in [0.05, 0.1) is 6.42 Å². The van der Waals surface area contributed by atoms with E-state index in [2.05, 4.69) is 15.1 Å². The highest BCUT2D eigenvalue weighted by molar-refractivity contribution is 5.67. The van der Waals surface area contributed by atoms with Crippen molar-refractivity contribution in [2.45, 2.75) is 63.7 Å². The van der Waals surface area contributed by atoms with Crippen LogP contribution in [0.2, 0.25) is 0 Å². The number of carboxylic acids is 1. The third-order valence-electron chi connectivity index (χ3n) is 5.15. The monoisotopic (exact) mass is 358 g/mol. The smallest absolute Gasteiger partial charge is 0.304 e. The molecule has 7 heteroatoms. The Morgan fingerprint density at radius 1 is 1.31 bits per heavy atom. The first-order valence-corrected chi connectivity index (χ1v) is 9.39. The molecule has 0 bridgehead atoms. The lowest BCUT2D eigenvalue weighted by Crippen LogP contribution is -2.10. The summed E-state index contributed by atoms with van der Waals surface area (Å²) in [4.78, 5) is 19.7. The molecular weight excluding hydrogens is 332 g/mol. The third-order valence-corrected chi connectivity index (χ3v) is 5.15. The van der Waals surface area contributed by atoms with Crippen LogP contribution in [0.4, 0.5) is 5.82 Å². The van der Waals surface area contributed by atoms with Gasteiger partial charge in [-0.15, -0.1) is 0 Å². The highest BCUT2D eigenvalue weighted by atomic mass is 16.5. The van der Waals surface area contributed by atoms with Crippen LogP contribution in [0.5, 0.6) is 0 Å². The van der Waals surface area contributed by atoms with E-state index < -0.39 is 5.97 Å². The number of carbonyl (C=O) groups is 1. The molecule has 1 fully saturated rings. The Hall–Kier alpha value is -2.44. The third kappa shape index (κ3) is 5.03. The molecule has 2 aromatic rings. The van der Waals surface area contributed by atoms with E-state index in [1.807, 2.05) is 0 Å². The van der Waals surface area contributed by atoms with Crippen LogP contribution < -0.4 is 5.73 Å². The Balaban J connectivity index is 1.63. The zero-order chi connectivity index (χ0) is 18.4. The summed E-state index contributed by atoms with van der Waals surface area (Å²) >= 11 is 0. The van der Waals surface area contributed by atoms with Crippen molar-refractivity contribution in [2.75, 3.05) is 5.73 Å². The lowest BCUT2D eigenvalue weighted by Gasteiger charge is -2.21. The number of nitrogen functional groups attached to an aromatic ring is 1. The minimum atomic E-state index is -0.846. The molecule has 0 radical (unpaired) electrons. The topological polar surface area (TPSA) is 115 Å². The summed E-state index contributed by atoms with van der Waals surface area (Å²) < 4.78 is 5.37. The maximum atomic E-state index is 11.2. The van der Waals surface area contributed by atoms with Crippen LogP contribution in [0.1, 0.15) is 69.6 Å². The Kier molecular flexibility index (Phi) is 6.20. The lowest BCUT2D eigenvalue weighted by atomic mass is 9.84. The normalized spacial score (nSPS) is 16.5. The number of pyridine rings is 1. The van der Waals surface area contributed by atoms with Gasteiger partial charge in [-0.05, 0) is 24.5 Å². The first-order chi connectivity index (χ1) is 12.6. The summed E-state index contributed by atoms with van der Waals surface area (Å²) in [6.07, 6.45) is 11.1. The molecule has 1 atom stereocenters. The van der Waals surface area contributed by atoms with E-state index in [1.54, 1.807) is 18.3 Å². The second-order valence-electron chi connectivity index (χ2n) is 7.16. The molecule has 0 spiro atoms. The fraction of sp³-hybridized carbons (Fsp3) is 0.579. The van der Waals surface area contributed by atoms with Gasteiger partial charge in [-0.2, -0.15) is 4.98 Å². The number of aromatic nitrogens is 3. The van der Waals surface area contributed by atoms with Gasteiger partial charge in [0.2, 0.25) is 11.7 Å². The van der Waals surface area contributed by atoms with E-state index in [1.165, 1.54) is 32.1 Å². The molecule has 1 aliphatic carbocycles. The van der Waals surface area contributed by atoms with Gasteiger partial charge in [-0.25, -0.2) is 4.98 Å². The van der Waals surface area contributed by atoms with Crippen molar-refractivity contribution in [3.05, 3.63) is 24.2 Å². The number of anilines is 1. The molecule has 3 rings (SSSR count). The number of hydrogen-bond acceptors (Lipinski definition) is 6. The number of carboxylic acid groups (broad SMARTS) is 1. The molecular formula is C19H26N4O3.